The number of rotatable bonds is 2. The molecule has 0 heterocycles. The van der Waals surface area contributed by atoms with Gasteiger partial charge >= 0.3 is 0 Å². The molecule has 0 amide bonds. The summed E-state index contributed by atoms with van der Waals surface area (Å²) in [5, 5.41) is 0. The molecule has 2 nitrogen and oxygen atoms in total. The van der Waals surface area contributed by atoms with Crippen LogP contribution in [0.25, 0.3) is 0 Å². The molecule has 0 aliphatic heterocycles. The van der Waals surface area contributed by atoms with Crippen molar-refractivity contribution in [3.63, 3.8) is 0 Å². The lowest BCUT2D eigenvalue weighted by molar-refractivity contribution is 0.0808. The van der Waals surface area contributed by atoms with Gasteiger partial charge in [-0.25, -0.2) is 5.73 Å². The van der Waals surface area contributed by atoms with Crippen molar-refractivity contribution < 1.29 is 4.74 Å². The highest BCUT2D eigenvalue weighted by Gasteiger charge is 1.84. The Morgan fingerprint density at radius 1 is 1.67 bits per heavy atom. The molecule has 0 spiro atoms. The highest BCUT2D eigenvalue weighted by Crippen LogP contribution is 1.81. The van der Waals surface area contributed by atoms with Crippen molar-refractivity contribution in [3.8, 4) is 0 Å². The van der Waals surface area contributed by atoms with E-state index in [9.17, 15) is 0 Å². The van der Waals surface area contributed by atoms with Crippen LogP contribution in [0, 0.1) is 0 Å². The first-order valence-corrected chi connectivity index (χ1v) is 2.03. The van der Waals surface area contributed by atoms with Crippen molar-refractivity contribution in [2.45, 2.75) is 20.0 Å². The molecule has 37 valence electrons. The summed E-state index contributed by atoms with van der Waals surface area (Å²) in [5.41, 5.74) is 6.51. The number of hydrogen-bond acceptors (Lipinski definition) is 1. The van der Waals surface area contributed by atoms with Crippen LogP contribution < -0.4 is 5.73 Å². The Kier molecular flexibility index (Phi) is 3.08. The standard InChI is InChI=1S/C4H10NO/c1-4(2)6-3-5/h4-5H,3H2,1-2H3. The van der Waals surface area contributed by atoms with Crippen molar-refractivity contribution in [2.24, 2.45) is 0 Å². The first-order chi connectivity index (χ1) is 2.77. The largest absolute Gasteiger partial charge is 0.362 e. The molecule has 6 heavy (non-hydrogen) atoms. The molecule has 0 aromatic carbocycles. The van der Waals surface area contributed by atoms with Crippen LogP contribution >= 0.6 is 0 Å². The topological polar surface area (TPSA) is 33.0 Å². The minimum absolute atomic E-state index is 0.0810. The highest BCUT2D eigenvalue weighted by molar-refractivity contribution is 4.29. The summed E-state index contributed by atoms with van der Waals surface area (Å²) in [4.78, 5) is 0. The average Bonchev–Trinajstić information content (AvgIpc) is 1.35. The maximum atomic E-state index is 6.51. The minimum Gasteiger partial charge on any atom is -0.362 e. The molecule has 1 N–H and O–H groups in total. The summed E-state index contributed by atoms with van der Waals surface area (Å²) < 4.78 is 4.71. The van der Waals surface area contributed by atoms with E-state index in [1.54, 1.807) is 0 Å². The molecule has 0 atom stereocenters. The van der Waals surface area contributed by atoms with Gasteiger partial charge in [0.25, 0.3) is 0 Å². The molecule has 0 fully saturated rings. The lowest BCUT2D eigenvalue weighted by Crippen LogP contribution is -2.03. The van der Waals surface area contributed by atoms with E-state index in [4.69, 9.17) is 10.5 Å². The van der Waals surface area contributed by atoms with Crippen LogP contribution in [0.2, 0.25) is 0 Å². The molecule has 0 saturated heterocycles. The molecular weight excluding hydrogens is 78.1 g/mol. The molecular formula is C4H10NO. The zero-order valence-corrected chi connectivity index (χ0v) is 4.19. The summed E-state index contributed by atoms with van der Waals surface area (Å²) in [7, 11) is 0. The van der Waals surface area contributed by atoms with Gasteiger partial charge in [0.05, 0.1) is 6.10 Å². The Morgan fingerprint density at radius 3 is 2.17 bits per heavy atom. The second-order valence-corrected chi connectivity index (χ2v) is 1.36. The highest BCUT2D eigenvalue weighted by atomic mass is 16.5. The van der Waals surface area contributed by atoms with Gasteiger partial charge in [-0.3, -0.25) is 0 Å². The zero-order chi connectivity index (χ0) is 4.99. The van der Waals surface area contributed by atoms with Gasteiger partial charge in [0, 0.05) is 0 Å². The van der Waals surface area contributed by atoms with Crippen LogP contribution in [-0.4, -0.2) is 12.8 Å². The van der Waals surface area contributed by atoms with Crippen LogP contribution in [0.5, 0.6) is 0 Å². The van der Waals surface area contributed by atoms with Crippen molar-refractivity contribution in [2.75, 3.05) is 6.73 Å². The van der Waals surface area contributed by atoms with Crippen molar-refractivity contribution in [3.05, 3.63) is 0 Å². The van der Waals surface area contributed by atoms with Crippen molar-refractivity contribution in [1.29, 1.82) is 0 Å². The molecule has 0 rings (SSSR count). The van der Waals surface area contributed by atoms with E-state index in [-0.39, 0.29) is 12.8 Å². The summed E-state index contributed by atoms with van der Waals surface area (Å²) >= 11 is 0. The summed E-state index contributed by atoms with van der Waals surface area (Å²) in [5.74, 6) is 0. The van der Waals surface area contributed by atoms with E-state index in [0.717, 1.165) is 0 Å². The third-order valence-electron chi connectivity index (χ3n) is 0.417. The van der Waals surface area contributed by atoms with Gasteiger partial charge in [-0.05, 0) is 13.8 Å². The predicted octanol–water partition coefficient (Wildman–Crippen LogP) is 0.652. The molecule has 0 bridgehead atoms. The monoisotopic (exact) mass is 88.1 g/mol. The Hall–Kier alpha value is -0.0800. The molecule has 0 unspecified atom stereocenters. The van der Waals surface area contributed by atoms with E-state index in [1.165, 1.54) is 0 Å². The number of nitrogens with one attached hydrogen (secondary N) is 1. The van der Waals surface area contributed by atoms with Gasteiger partial charge in [-0.1, -0.05) is 0 Å². The maximum absolute atomic E-state index is 6.51. The Labute approximate surface area is 38.3 Å². The SMILES string of the molecule is CC(C)OC[NH]. The fourth-order valence-corrected chi connectivity index (χ4v) is 0.167. The van der Waals surface area contributed by atoms with Crippen LogP contribution in [0.3, 0.4) is 0 Å². The molecule has 2 heteroatoms. The van der Waals surface area contributed by atoms with Crippen LogP contribution in [0.4, 0.5) is 0 Å². The molecule has 0 aliphatic carbocycles. The second-order valence-electron chi connectivity index (χ2n) is 1.36. The fourth-order valence-electron chi connectivity index (χ4n) is 0.167. The second kappa shape index (κ2) is 3.12. The van der Waals surface area contributed by atoms with Crippen molar-refractivity contribution >= 4 is 0 Å². The summed E-state index contributed by atoms with van der Waals surface area (Å²) in [6.07, 6.45) is 0.211. The Balaban J connectivity index is 2.63. The normalized spacial score (nSPS) is 10.0. The fraction of sp³-hybridized carbons (Fsp3) is 1.00. The average molecular weight is 88.1 g/mol. The van der Waals surface area contributed by atoms with Gasteiger partial charge < -0.3 is 4.74 Å². The van der Waals surface area contributed by atoms with Crippen molar-refractivity contribution in [1.82, 2.24) is 5.73 Å². The third kappa shape index (κ3) is 3.92. The van der Waals surface area contributed by atoms with Gasteiger partial charge in [0.1, 0.15) is 6.73 Å². The minimum atomic E-state index is 0.0810. The third-order valence-corrected chi connectivity index (χ3v) is 0.417. The maximum Gasteiger partial charge on any atom is 0.109 e. The first-order valence-electron chi connectivity index (χ1n) is 2.03. The summed E-state index contributed by atoms with van der Waals surface area (Å²) in [6.45, 7) is 3.90. The number of ether oxygens (including phenoxy) is 1. The quantitative estimate of drug-likeness (QED) is 0.488. The van der Waals surface area contributed by atoms with Gasteiger partial charge in [0.2, 0.25) is 0 Å². The van der Waals surface area contributed by atoms with Crippen LogP contribution in [-0.2, 0) is 4.74 Å². The molecule has 0 aliphatic rings. The lowest BCUT2D eigenvalue weighted by atomic mass is 10.5. The molecule has 1 radical (unpaired) electrons. The van der Waals surface area contributed by atoms with Gasteiger partial charge in [-0.2, -0.15) is 0 Å². The molecule has 0 aromatic rings. The van der Waals surface area contributed by atoms with E-state index in [2.05, 4.69) is 0 Å². The smallest absolute Gasteiger partial charge is 0.109 e. The Bertz CT molecular complexity index is 28.7. The van der Waals surface area contributed by atoms with E-state index in [0.29, 0.717) is 0 Å². The van der Waals surface area contributed by atoms with E-state index < -0.39 is 0 Å². The van der Waals surface area contributed by atoms with Crippen LogP contribution in [0.15, 0.2) is 0 Å². The van der Waals surface area contributed by atoms with E-state index >= 15 is 0 Å². The van der Waals surface area contributed by atoms with E-state index in [1.807, 2.05) is 13.8 Å². The molecule has 0 aromatic heterocycles. The predicted molar refractivity (Wildman–Crippen MR) is 24.2 cm³/mol. The first kappa shape index (κ1) is 5.92. The molecule has 0 saturated carbocycles. The Morgan fingerprint density at radius 2 is 2.17 bits per heavy atom. The number of hydrogen-bond donors (Lipinski definition) is 0. The van der Waals surface area contributed by atoms with Gasteiger partial charge in [0.15, 0.2) is 0 Å². The zero-order valence-electron chi connectivity index (χ0n) is 4.19. The van der Waals surface area contributed by atoms with Gasteiger partial charge in [-0.15, -0.1) is 0 Å². The summed E-state index contributed by atoms with van der Waals surface area (Å²) in [6, 6.07) is 0. The lowest BCUT2D eigenvalue weighted by Gasteiger charge is -1.99. The van der Waals surface area contributed by atoms with Crippen LogP contribution in [0.1, 0.15) is 13.8 Å².